The summed E-state index contributed by atoms with van der Waals surface area (Å²) < 4.78 is 5.27. The number of aliphatic carboxylic acids is 1. The average Bonchev–Trinajstić information content (AvgIpc) is 2.98. The predicted octanol–water partition coefficient (Wildman–Crippen LogP) is 2.89. The number of hydrogen-bond donors (Lipinski definition) is 2. The molecular formula is C21H25N3O3. The lowest BCUT2D eigenvalue weighted by atomic mass is 9.89. The molecule has 2 heterocycles. The van der Waals surface area contributed by atoms with Gasteiger partial charge in [-0.25, -0.2) is 5.43 Å². The van der Waals surface area contributed by atoms with Crippen molar-refractivity contribution in [3.8, 4) is 5.75 Å². The van der Waals surface area contributed by atoms with Gasteiger partial charge in [-0.3, -0.25) is 14.7 Å². The Balaban J connectivity index is 1.56. The third-order valence-electron chi connectivity index (χ3n) is 5.58. The third-order valence-corrected chi connectivity index (χ3v) is 5.58. The van der Waals surface area contributed by atoms with E-state index in [1.54, 1.807) is 7.11 Å². The maximum atomic E-state index is 11.6. The smallest absolute Gasteiger partial charge is 0.321 e. The molecule has 0 amide bonds. The van der Waals surface area contributed by atoms with Gasteiger partial charge in [0.2, 0.25) is 0 Å². The lowest BCUT2D eigenvalue weighted by molar-refractivity contribution is -0.144. The molecule has 2 saturated heterocycles. The number of hydrazine groups is 1. The predicted molar refractivity (Wildman–Crippen MR) is 104 cm³/mol. The summed E-state index contributed by atoms with van der Waals surface area (Å²) in [6.45, 7) is 1.61. The molecule has 6 nitrogen and oxygen atoms in total. The van der Waals surface area contributed by atoms with Crippen molar-refractivity contribution in [2.45, 2.75) is 24.9 Å². The van der Waals surface area contributed by atoms with Crippen molar-refractivity contribution >= 4 is 17.3 Å². The number of nitrogens with one attached hydrogen (secondary N) is 1. The number of rotatable bonds is 6. The number of benzene rings is 2. The summed E-state index contributed by atoms with van der Waals surface area (Å²) in [6.07, 6.45) is 1.83. The molecule has 4 unspecified atom stereocenters. The van der Waals surface area contributed by atoms with Crippen LogP contribution in [0.25, 0.3) is 0 Å². The molecule has 2 fully saturated rings. The van der Waals surface area contributed by atoms with Gasteiger partial charge in [0.25, 0.3) is 0 Å². The van der Waals surface area contributed by atoms with Gasteiger partial charge in [-0.05, 0) is 61.7 Å². The summed E-state index contributed by atoms with van der Waals surface area (Å²) in [5.74, 6) is 0.339. The normalized spacial score (nSPS) is 26.6. The average molecular weight is 367 g/mol. The van der Waals surface area contributed by atoms with Crippen molar-refractivity contribution in [3.05, 3.63) is 54.6 Å². The maximum Gasteiger partial charge on any atom is 0.321 e. The van der Waals surface area contributed by atoms with Gasteiger partial charge in [0.15, 0.2) is 0 Å². The summed E-state index contributed by atoms with van der Waals surface area (Å²) in [5.41, 5.74) is 5.71. The van der Waals surface area contributed by atoms with Crippen LogP contribution < -0.4 is 15.2 Å². The fourth-order valence-corrected chi connectivity index (χ4v) is 4.34. The summed E-state index contributed by atoms with van der Waals surface area (Å²) >= 11 is 0. The standard InChI is InChI=1S/C21H25N3O3/c1-27-19-9-7-18(8-10-19)24(17-5-3-2-4-6-17)22-16-13-15-11-12-23(14-16)20(15)21(25)26/h2-10,15-16,20,22H,11-14H2,1H3,(H,25,26). The Kier molecular flexibility index (Phi) is 5.01. The van der Waals surface area contributed by atoms with Crippen LogP contribution in [-0.2, 0) is 4.79 Å². The fourth-order valence-electron chi connectivity index (χ4n) is 4.34. The van der Waals surface area contributed by atoms with E-state index < -0.39 is 5.97 Å². The van der Waals surface area contributed by atoms with Gasteiger partial charge in [0.05, 0.1) is 18.5 Å². The van der Waals surface area contributed by atoms with Crippen LogP contribution in [0.5, 0.6) is 5.75 Å². The van der Waals surface area contributed by atoms with Crippen LogP contribution in [0.1, 0.15) is 12.8 Å². The first kappa shape index (κ1) is 17.8. The number of anilines is 2. The molecule has 0 aromatic heterocycles. The van der Waals surface area contributed by atoms with Gasteiger partial charge in [-0.1, -0.05) is 18.2 Å². The van der Waals surface area contributed by atoms with Gasteiger partial charge in [0, 0.05) is 12.6 Å². The van der Waals surface area contributed by atoms with Crippen LogP contribution >= 0.6 is 0 Å². The Morgan fingerprint density at radius 2 is 1.85 bits per heavy atom. The molecule has 142 valence electrons. The second-order valence-corrected chi connectivity index (χ2v) is 7.26. The monoisotopic (exact) mass is 367 g/mol. The molecule has 0 spiro atoms. The van der Waals surface area contributed by atoms with Crippen molar-refractivity contribution in [1.29, 1.82) is 0 Å². The lowest BCUT2D eigenvalue weighted by Crippen LogP contribution is -2.55. The first-order chi connectivity index (χ1) is 13.2. The van der Waals surface area contributed by atoms with Crippen LogP contribution in [0, 0.1) is 5.92 Å². The number of ether oxygens (including phenoxy) is 1. The quantitative estimate of drug-likeness (QED) is 0.766. The first-order valence-electron chi connectivity index (χ1n) is 9.38. The van der Waals surface area contributed by atoms with E-state index in [0.29, 0.717) is 0 Å². The zero-order chi connectivity index (χ0) is 18.8. The van der Waals surface area contributed by atoms with Gasteiger partial charge < -0.3 is 9.84 Å². The number of nitrogens with zero attached hydrogens (tertiary/aromatic N) is 2. The minimum Gasteiger partial charge on any atom is -0.497 e. The minimum atomic E-state index is -0.689. The van der Waals surface area contributed by atoms with E-state index in [2.05, 4.69) is 27.5 Å². The zero-order valence-electron chi connectivity index (χ0n) is 15.4. The summed E-state index contributed by atoms with van der Waals surface area (Å²) in [7, 11) is 1.66. The van der Waals surface area contributed by atoms with Crippen molar-refractivity contribution in [1.82, 2.24) is 10.3 Å². The number of fused-ring (bicyclic) bond motifs is 2. The molecule has 6 heteroatoms. The number of carboxylic acid groups (broad SMARTS) is 1. The van der Waals surface area contributed by atoms with E-state index in [1.807, 2.05) is 42.5 Å². The molecular weight excluding hydrogens is 342 g/mol. The number of methoxy groups -OCH3 is 1. The Hall–Kier alpha value is -2.57. The van der Waals surface area contributed by atoms with E-state index in [1.165, 1.54) is 0 Å². The van der Waals surface area contributed by atoms with Gasteiger partial charge in [0.1, 0.15) is 11.8 Å². The molecule has 4 rings (SSSR count). The zero-order valence-corrected chi connectivity index (χ0v) is 15.4. The van der Waals surface area contributed by atoms with E-state index in [4.69, 9.17) is 4.74 Å². The number of piperidine rings is 1. The summed E-state index contributed by atoms with van der Waals surface area (Å²) in [6, 6.07) is 18.0. The Bertz CT molecular complexity index is 767. The molecule has 2 aliphatic rings. The molecule has 2 bridgehead atoms. The van der Waals surface area contributed by atoms with Crippen LogP contribution in [0.3, 0.4) is 0 Å². The SMILES string of the molecule is COc1ccc(N(NC2CC3CCN(C2)C3C(=O)O)c2ccccc2)cc1. The van der Waals surface area contributed by atoms with E-state index in [9.17, 15) is 9.90 Å². The van der Waals surface area contributed by atoms with Gasteiger partial charge in [-0.2, -0.15) is 0 Å². The van der Waals surface area contributed by atoms with Crippen LogP contribution in [0.15, 0.2) is 54.6 Å². The van der Waals surface area contributed by atoms with E-state index in [0.717, 1.165) is 43.1 Å². The van der Waals surface area contributed by atoms with Gasteiger partial charge >= 0.3 is 5.97 Å². The number of para-hydroxylation sites is 1. The highest BCUT2D eigenvalue weighted by molar-refractivity contribution is 5.74. The number of hydrogen-bond acceptors (Lipinski definition) is 5. The van der Waals surface area contributed by atoms with Crippen molar-refractivity contribution in [2.24, 2.45) is 5.92 Å². The highest BCUT2D eigenvalue weighted by Gasteiger charge is 2.45. The number of carboxylic acids is 1. The highest BCUT2D eigenvalue weighted by atomic mass is 16.5. The summed E-state index contributed by atoms with van der Waals surface area (Å²) in [4.78, 5) is 13.7. The summed E-state index contributed by atoms with van der Waals surface area (Å²) in [5, 5.41) is 11.6. The second kappa shape index (κ2) is 7.58. The van der Waals surface area contributed by atoms with Gasteiger partial charge in [-0.15, -0.1) is 0 Å². The Morgan fingerprint density at radius 1 is 1.15 bits per heavy atom. The van der Waals surface area contributed by atoms with E-state index in [-0.39, 0.29) is 18.0 Å². The molecule has 2 N–H and O–H groups in total. The topological polar surface area (TPSA) is 65.0 Å². The third kappa shape index (κ3) is 3.63. The Labute approximate surface area is 159 Å². The molecule has 0 radical (unpaired) electrons. The van der Waals surface area contributed by atoms with Crippen molar-refractivity contribution < 1.29 is 14.6 Å². The Morgan fingerprint density at radius 3 is 2.48 bits per heavy atom. The number of carbonyl (C=O) groups is 1. The van der Waals surface area contributed by atoms with Crippen LogP contribution in [0.2, 0.25) is 0 Å². The molecule has 2 aliphatic heterocycles. The molecule has 4 atom stereocenters. The molecule has 27 heavy (non-hydrogen) atoms. The van der Waals surface area contributed by atoms with Crippen molar-refractivity contribution in [2.75, 3.05) is 25.2 Å². The second-order valence-electron chi connectivity index (χ2n) is 7.26. The van der Waals surface area contributed by atoms with E-state index >= 15 is 0 Å². The van der Waals surface area contributed by atoms with Crippen LogP contribution in [-0.4, -0.2) is 48.3 Å². The maximum absolute atomic E-state index is 11.6. The molecule has 2 aromatic rings. The minimum absolute atomic E-state index is 0.204. The lowest BCUT2D eigenvalue weighted by Gasteiger charge is -2.39. The fraction of sp³-hybridized carbons (Fsp3) is 0.381. The molecule has 0 aliphatic carbocycles. The van der Waals surface area contributed by atoms with Crippen LogP contribution in [0.4, 0.5) is 11.4 Å². The molecule has 0 saturated carbocycles. The first-order valence-corrected chi connectivity index (χ1v) is 9.38. The highest BCUT2D eigenvalue weighted by Crippen LogP contribution is 2.34. The van der Waals surface area contributed by atoms with Crippen molar-refractivity contribution in [3.63, 3.8) is 0 Å². The largest absolute Gasteiger partial charge is 0.497 e. The molecule has 2 aromatic carbocycles.